The van der Waals surface area contributed by atoms with Gasteiger partial charge >= 0.3 is 35.5 Å². The monoisotopic (exact) mass is 275 g/mol. The Bertz CT molecular complexity index is 308. The van der Waals surface area contributed by atoms with Crippen molar-refractivity contribution in [3.8, 4) is 6.07 Å². The van der Waals surface area contributed by atoms with E-state index in [9.17, 15) is 4.79 Å². The third kappa shape index (κ3) is 47.8. The SMILES string of the molecule is C=CC#N.C=CC(=O)OCCCC.C=CC(=O)[O-].[Na+]. The molecule has 5 nitrogen and oxygen atoms in total. The van der Waals surface area contributed by atoms with Crippen molar-refractivity contribution in [1.82, 2.24) is 0 Å². The summed E-state index contributed by atoms with van der Waals surface area (Å²) in [7, 11) is 0. The van der Waals surface area contributed by atoms with Crippen molar-refractivity contribution in [3.05, 3.63) is 38.0 Å². The van der Waals surface area contributed by atoms with E-state index in [4.69, 9.17) is 15.2 Å². The van der Waals surface area contributed by atoms with Gasteiger partial charge < -0.3 is 14.6 Å². The number of nitriles is 1. The quantitative estimate of drug-likeness (QED) is 0.193. The molecule has 0 fully saturated rings. The number of rotatable bonds is 5. The second kappa shape index (κ2) is 25.5. The van der Waals surface area contributed by atoms with Gasteiger partial charge in [-0.3, -0.25) is 0 Å². The molecular formula is C13H18NNaO4. The van der Waals surface area contributed by atoms with Crippen LogP contribution in [0.15, 0.2) is 38.0 Å². The fourth-order valence-corrected chi connectivity index (χ4v) is 0.376. The maximum atomic E-state index is 10.3. The molecule has 0 unspecified atom stereocenters. The fraction of sp³-hybridized carbons (Fsp3) is 0.308. The smallest absolute Gasteiger partial charge is 0.545 e. The van der Waals surface area contributed by atoms with Crippen LogP contribution in [0.3, 0.4) is 0 Å². The normalized spacial score (nSPS) is 6.53. The molecule has 0 rings (SSSR count). The van der Waals surface area contributed by atoms with Crippen LogP contribution in [0.25, 0.3) is 0 Å². The average Bonchev–Trinajstić information content (AvgIpc) is 2.39. The molecule has 0 aromatic carbocycles. The van der Waals surface area contributed by atoms with E-state index in [-0.39, 0.29) is 35.5 Å². The maximum Gasteiger partial charge on any atom is 1.00 e. The molecule has 100 valence electrons. The van der Waals surface area contributed by atoms with Crippen molar-refractivity contribution in [3.63, 3.8) is 0 Å². The summed E-state index contributed by atoms with van der Waals surface area (Å²) in [5.74, 6) is -1.56. The van der Waals surface area contributed by atoms with Gasteiger partial charge in [-0.25, -0.2) is 4.79 Å². The van der Waals surface area contributed by atoms with Crippen molar-refractivity contribution in [2.75, 3.05) is 6.61 Å². The third-order valence-electron chi connectivity index (χ3n) is 1.17. The number of carbonyl (C=O) groups is 2. The van der Waals surface area contributed by atoms with E-state index in [2.05, 4.69) is 24.5 Å². The summed E-state index contributed by atoms with van der Waals surface area (Å²) in [5, 5.41) is 16.6. The molecule has 6 heteroatoms. The molecule has 0 aliphatic rings. The minimum atomic E-state index is -1.23. The summed E-state index contributed by atoms with van der Waals surface area (Å²) in [6.45, 7) is 11.8. The summed E-state index contributed by atoms with van der Waals surface area (Å²) >= 11 is 0. The number of aliphatic carboxylic acids is 1. The molecular weight excluding hydrogens is 257 g/mol. The van der Waals surface area contributed by atoms with Crippen LogP contribution in [0.4, 0.5) is 0 Å². The number of carboxylic acid groups (broad SMARTS) is 1. The van der Waals surface area contributed by atoms with Crippen molar-refractivity contribution >= 4 is 11.9 Å². The standard InChI is InChI=1S/C7H12O2.C3H3N.C3H4O2.Na/c1-3-5-6-9-7(8)4-2;1-2-3-4;1-2-3(4)5;/h4H,2-3,5-6H2,1H3;2H,1H2;2H,1H2,(H,4,5);/q;;;+1/p-1. The van der Waals surface area contributed by atoms with E-state index in [1.165, 1.54) is 12.2 Å². The zero-order valence-electron chi connectivity index (χ0n) is 11.6. The average molecular weight is 275 g/mol. The largest absolute Gasteiger partial charge is 1.00 e. The van der Waals surface area contributed by atoms with Gasteiger partial charge in [0.25, 0.3) is 0 Å². The summed E-state index contributed by atoms with van der Waals surface area (Å²) in [6, 6.07) is 1.69. The van der Waals surface area contributed by atoms with Gasteiger partial charge in [0.2, 0.25) is 0 Å². The zero-order chi connectivity index (χ0) is 14.8. The minimum Gasteiger partial charge on any atom is -0.545 e. The molecule has 0 N–H and O–H groups in total. The molecule has 0 saturated heterocycles. The van der Waals surface area contributed by atoms with Crippen molar-refractivity contribution in [1.29, 1.82) is 5.26 Å². The summed E-state index contributed by atoms with van der Waals surface area (Å²) in [4.78, 5) is 19.5. The Morgan fingerprint density at radius 2 is 1.74 bits per heavy atom. The van der Waals surface area contributed by atoms with Gasteiger partial charge in [0.15, 0.2) is 0 Å². The van der Waals surface area contributed by atoms with Crippen molar-refractivity contribution in [2.24, 2.45) is 0 Å². The molecule has 0 radical (unpaired) electrons. The number of unbranched alkanes of at least 4 members (excludes halogenated alkanes) is 1. The zero-order valence-corrected chi connectivity index (χ0v) is 13.6. The van der Waals surface area contributed by atoms with E-state index in [0.29, 0.717) is 6.61 Å². The predicted molar refractivity (Wildman–Crippen MR) is 67.1 cm³/mol. The molecule has 0 spiro atoms. The van der Waals surface area contributed by atoms with Gasteiger partial charge in [0, 0.05) is 12.2 Å². The second-order valence-electron chi connectivity index (χ2n) is 2.58. The molecule has 0 heterocycles. The fourth-order valence-electron chi connectivity index (χ4n) is 0.376. The Morgan fingerprint density at radius 1 is 1.32 bits per heavy atom. The van der Waals surface area contributed by atoms with Gasteiger partial charge in [0.05, 0.1) is 18.6 Å². The Labute approximate surface area is 136 Å². The van der Waals surface area contributed by atoms with E-state index >= 15 is 0 Å². The Kier molecular flexibility index (Phi) is 35.2. The number of carboxylic acids is 1. The Balaban J connectivity index is -0.0000000964. The number of ether oxygens (including phenoxy) is 1. The molecule has 0 amide bonds. The molecule has 0 aliphatic carbocycles. The molecule has 0 aromatic heterocycles. The van der Waals surface area contributed by atoms with E-state index in [1.807, 2.05) is 6.92 Å². The molecule has 0 saturated carbocycles. The van der Waals surface area contributed by atoms with Crippen LogP contribution in [0.1, 0.15) is 19.8 Å². The molecule has 19 heavy (non-hydrogen) atoms. The summed E-state index contributed by atoms with van der Waals surface area (Å²) in [5.41, 5.74) is 0. The minimum absolute atomic E-state index is 0. The van der Waals surface area contributed by atoms with Gasteiger partial charge in [-0.1, -0.05) is 33.1 Å². The van der Waals surface area contributed by atoms with Crippen molar-refractivity contribution in [2.45, 2.75) is 19.8 Å². The number of nitrogens with zero attached hydrogens (tertiary/aromatic N) is 1. The van der Waals surface area contributed by atoms with Crippen LogP contribution in [-0.2, 0) is 14.3 Å². The van der Waals surface area contributed by atoms with Crippen LogP contribution < -0.4 is 34.7 Å². The number of allylic oxidation sites excluding steroid dienone is 1. The number of esters is 1. The van der Waals surface area contributed by atoms with Crippen LogP contribution in [-0.4, -0.2) is 18.5 Å². The van der Waals surface area contributed by atoms with Crippen LogP contribution >= 0.6 is 0 Å². The van der Waals surface area contributed by atoms with E-state index < -0.39 is 5.97 Å². The first-order valence-electron chi connectivity index (χ1n) is 5.13. The van der Waals surface area contributed by atoms with Crippen LogP contribution in [0.2, 0.25) is 0 Å². The van der Waals surface area contributed by atoms with E-state index in [0.717, 1.165) is 18.9 Å². The summed E-state index contributed by atoms with van der Waals surface area (Å²) < 4.78 is 4.67. The van der Waals surface area contributed by atoms with Gasteiger partial charge in [-0.2, -0.15) is 5.26 Å². The van der Waals surface area contributed by atoms with Gasteiger partial charge in [-0.15, -0.1) is 0 Å². The van der Waals surface area contributed by atoms with Crippen LogP contribution in [0.5, 0.6) is 0 Å². The first kappa shape index (κ1) is 26.3. The molecule has 0 aromatic rings. The van der Waals surface area contributed by atoms with Gasteiger partial charge in [0.1, 0.15) is 0 Å². The number of hydrogen-bond acceptors (Lipinski definition) is 5. The summed E-state index contributed by atoms with van der Waals surface area (Å²) in [6.07, 6.45) is 5.06. The Morgan fingerprint density at radius 3 is 1.95 bits per heavy atom. The first-order chi connectivity index (χ1) is 8.49. The predicted octanol–water partition coefficient (Wildman–Crippen LogP) is -1.86. The third-order valence-corrected chi connectivity index (χ3v) is 1.17. The maximum absolute atomic E-state index is 10.3. The Hall–Kier alpha value is -1.35. The second-order valence-corrected chi connectivity index (χ2v) is 2.58. The molecule has 0 aliphatic heterocycles. The topological polar surface area (TPSA) is 90.2 Å². The van der Waals surface area contributed by atoms with Crippen molar-refractivity contribution < 1.29 is 49.0 Å². The van der Waals surface area contributed by atoms with Crippen LogP contribution in [0, 0.1) is 11.3 Å². The number of carbonyl (C=O) groups excluding carboxylic acids is 2. The van der Waals surface area contributed by atoms with Gasteiger partial charge in [-0.05, 0) is 12.5 Å². The number of hydrogen-bond donors (Lipinski definition) is 0. The first-order valence-corrected chi connectivity index (χ1v) is 5.13. The van der Waals surface area contributed by atoms with E-state index in [1.54, 1.807) is 6.07 Å². The molecule has 0 atom stereocenters. The molecule has 0 bridgehead atoms.